The van der Waals surface area contributed by atoms with Crippen LogP contribution in [0.15, 0.2) is 48.2 Å². The van der Waals surface area contributed by atoms with E-state index in [4.69, 9.17) is 14.2 Å². The molecule has 0 saturated carbocycles. The van der Waals surface area contributed by atoms with Gasteiger partial charge in [-0.1, -0.05) is 32.2 Å². The van der Waals surface area contributed by atoms with Crippen molar-refractivity contribution in [1.29, 1.82) is 0 Å². The quantitative estimate of drug-likeness (QED) is 0.318. The second kappa shape index (κ2) is 10.5. The standard InChI is InChI=1S/C22H24O5S/c1-5-9-26-18-13-19(27-10-6-2)21(22(24)15-8-11-28-14-15)17(16(18)7-3)12-20(23)25-4/h5-6,8,11,13-14H,1-2,7,9-10,12H2,3-4H3. The van der Waals surface area contributed by atoms with Gasteiger partial charge in [-0.05, 0) is 29.0 Å². The van der Waals surface area contributed by atoms with Crippen molar-refractivity contribution in [3.8, 4) is 11.5 Å². The molecule has 1 aromatic carbocycles. The zero-order valence-electron chi connectivity index (χ0n) is 16.2. The lowest BCUT2D eigenvalue weighted by Gasteiger charge is -2.20. The summed E-state index contributed by atoms with van der Waals surface area (Å²) in [5, 5.41) is 3.61. The van der Waals surface area contributed by atoms with Gasteiger partial charge in [-0.3, -0.25) is 9.59 Å². The molecule has 0 aliphatic rings. The SMILES string of the molecule is C=CCOc1cc(OCC=C)c(C(=O)c2ccsc2)c(CC(=O)OC)c1CC. The van der Waals surface area contributed by atoms with E-state index in [0.717, 1.165) is 5.56 Å². The molecule has 0 atom stereocenters. The first-order valence-corrected chi connectivity index (χ1v) is 9.81. The van der Waals surface area contributed by atoms with Crippen molar-refractivity contribution in [1.82, 2.24) is 0 Å². The summed E-state index contributed by atoms with van der Waals surface area (Å²) in [5.41, 5.74) is 2.23. The van der Waals surface area contributed by atoms with Crippen molar-refractivity contribution < 1.29 is 23.8 Å². The molecule has 0 aliphatic heterocycles. The maximum Gasteiger partial charge on any atom is 0.310 e. The van der Waals surface area contributed by atoms with Crippen LogP contribution in [0.3, 0.4) is 0 Å². The number of hydrogen-bond donors (Lipinski definition) is 0. The predicted octanol–water partition coefficient (Wildman–Crippen LogP) is 4.39. The summed E-state index contributed by atoms with van der Waals surface area (Å²) in [5.74, 6) is 0.266. The van der Waals surface area contributed by atoms with Gasteiger partial charge in [0.15, 0.2) is 5.78 Å². The van der Waals surface area contributed by atoms with Gasteiger partial charge in [0, 0.05) is 17.0 Å². The number of esters is 1. The fourth-order valence-electron chi connectivity index (χ4n) is 2.85. The van der Waals surface area contributed by atoms with Gasteiger partial charge < -0.3 is 14.2 Å². The van der Waals surface area contributed by atoms with E-state index in [-0.39, 0.29) is 18.8 Å². The highest BCUT2D eigenvalue weighted by atomic mass is 32.1. The van der Waals surface area contributed by atoms with Crippen LogP contribution in [0.5, 0.6) is 11.5 Å². The van der Waals surface area contributed by atoms with Gasteiger partial charge in [0.05, 0.1) is 19.1 Å². The Morgan fingerprint density at radius 2 is 1.79 bits per heavy atom. The van der Waals surface area contributed by atoms with Crippen LogP contribution in [0.25, 0.3) is 0 Å². The number of benzene rings is 1. The summed E-state index contributed by atoms with van der Waals surface area (Å²) >= 11 is 1.43. The maximum absolute atomic E-state index is 13.3. The molecule has 0 unspecified atom stereocenters. The van der Waals surface area contributed by atoms with Gasteiger partial charge in [0.2, 0.25) is 0 Å². The van der Waals surface area contributed by atoms with E-state index in [1.807, 2.05) is 12.3 Å². The Morgan fingerprint density at radius 3 is 2.32 bits per heavy atom. The normalized spacial score (nSPS) is 10.2. The molecular formula is C22H24O5S. The summed E-state index contributed by atoms with van der Waals surface area (Å²) in [7, 11) is 1.32. The van der Waals surface area contributed by atoms with Crippen LogP contribution in [-0.2, 0) is 22.4 Å². The van der Waals surface area contributed by atoms with Crippen LogP contribution in [0.1, 0.15) is 34.0 Å². The molecule has 1 heterocycles. The number of rotatable bonds is 11. The van der Waals surface area contributed by atoms with E-state index in [9.17, 15) is 9.59 Å². The van der Waals surface area contributed by atoms with E-state index in [1.54, 1.807) is 29.7 Å². The third-order valence-corrected chi connectivity index (χ3v) is 4.78. The number of methoxy groups -OCH3 is 1. The van der Waals surface area contributed by atoms with Gasteiger partial charge >= 0.3 is 5.97 Å². The van der Waals surface area contributed by atoms with E-state index in [1.165, 1.54) is 18.4 Å². The first-order valence-electron chi connectivity index (χ1n) is 8.87. The lowest BCUT2D eigenvalue weighted by atomic mass is 9.90. The molecule has 0 amide bonds. The second-order valence-corrected chi connectivity index (χ2v) is 6.63. The Morgan fingerprint density at radius 1 is 1.11 bits per heavy atom. The molecule has 0 aliphatic carbocycles. The zero-order valence-corrected chi connectivity index (χ0v) is 17.0. The molecule has 5 nitrogen and oxygen atoms in total. The Labute approximate surface area is 169 Å². The molecule has 0 spiro atoms. The van der Waals surface area contributed by atoms with E-state index >= 15 is 0 Å². The molecule has 2 rings (SSSR count). The molecule has 1 aromatic heterocycles. The molecule has 0 fully saturated rings. The van der Waals surface area contributed by atoms with Gasteiger partial charge in [0.25, 0.3) is 0 Å². The van der Waals surface area contributed by atoms with Gasteiger partial charge in [-0.15, -0.1) is 0 Å². The highest BCUT2D eigenvalue weighted by molar-refractivity contribution is 7.08. The minimum Gasteiger partial charge on any atom is -0.489 e. The summed E-state index contributed by atoms with van der Waals surface area (Å²) in [6.07, 6.45) is 3.75. The Balaban J connectivity index is 2.74. The number of ether oxygens (including phenoxy) is 3. The minimum absolute atomic E-state index is 0.0549. The number of hydrogen-bond acceptors (Lipinski definition) is 6. The van der Waals surface area contributed by atoms with Crippen LogP contribution >= 0.6 is 11.3 Å². The molecule has 2 aromatic rings. The Hall–Kier alpha value is -2.86. The van der Waals surface area contributed by atoms with Crippen LogP contribution in [0.4, 0.5) is 0 Å². The monoisotopic (exact) mass is 400 g/mol. The summed E-state index contributed by atoms with van der Waals surface area (Å²) in [6.45, 7) is 9.79. The van der Waals surface area contributed by atoms with Gasteiger partial charge in [0.1, 0.15) is 24.7 Å². The van der Waals surface area contributed by atoms with Crippen molar-refractivity contribution in [3.63, 3.8) is 0 Å². The lowest BCUT2D eigenvalue weighted by molar-refractivity contribution is -0.139. The van der Waals surface area contributed by atoms with Crippen molar-refractivity contribution >= 4 is 23.1 Å². The van der Waals surface area contributed by atoms with Crippen LogP contribution in [-0.4, -0.2) is 32.1 Å². The number of carbonyl (C=O) groups is 2. The largest absolute Gasteiger partial charge is 0.489 e. The molecule has 28 heavy (non-hydrogen) atoms. The molecule has 6 heteroatoms. The van der Waals surface area contributed by atoms with E-state index in [0.29, 0.717) is 41.2 Å². The first kappa shape index (κ1) is 21.4. The van der Waals surface area contributed by atoms with Gasteiger partial charge in [-0.25, -0.2) is 0 Å². The third-order valence-electron chi connectivity index (χ3n) is 4.10. The van der Waals surface area contributed by atoms with Gasteiger partial charge in [-0.2, -0.15) is 11.3 Å². The lowest BCUT2D eigenvalue weighted by Crippen LogP contribution is -2.16. The van der Waals surface area contributed by atoms with Crippen molar-refractivity contribution in [2.45, 2.75) is 19.8 Å². The smallest absolute Gasteiger partial charge is 0.310 e. The van der Waals surface area contributed by atoms with Crippen molar-refractivity contribution in [2.24, 2.45) is 0 Å². The summed E-state index contributed by atoms with van der Waals surface area (Å²) in [6, 6.07) is 3.45. The van der Waals surface area contributed by atoms with E-state index in [2.05, 4.69) is 13.2 Å². The third kappa shape index (κ3) is 4.89. The average Bonchev–Trinajstić information content (AvgIpc) is 3.24. The van der Waals surface area contributed by atoms with Crippen LogP contribution < -0.4 is 9.47 Å². The predicted molar refractivity (Wildman–Crippen MR) is 111 cm³/mol. The molecule has 0 N–H and O–H groups in total. The summed E-state index contributed by atoms with van der Waals surface area (Å²) in [4.78, 5) is 25.4. The highest BCUT2D eigenvalue weighted by Gasteiger charge is 2.26. The minimum atomic E-state index is -0.440. The Bertz CT molecular complexity index is 852. The zero-order chi connectivity index (χ0) is 20.5. The maximum atomic E-state index is 13.3. The highest BCUT2D eigenvalue weighted by Crippen LogP contribution is 2.37. The number of ketones is 1. The van der Waals surface area contributed by atoms with E-state index < -0.39 is 5.97 Å². The van der Waals surface area contributed by atoms with Crippen LogP contribution in [0, 0.1) is 0 Å². The van der Waals surface area contributed by atoms with Crippen molar-refractivity contribution in [3.05, 3.63) is 70.5 Å². The average molecular weight is 400 g/mol. The Kier molecular flexibility index (Phi) is 8.02. The molecule has 0 radical (unpaired) electrons. The fraction of sp³-hybridized carbons (Fsp3) is 0.273. The number of thiophene rings is 1. The molecule has 0 bridgehead atoms. The summed E-state index contributed by atoms with van der Waals surface area (Å²) < 4.78 is 16.4. The molecule has 148 valence electrons. The van der Waals surface area contributed by atoms with Crippen LogP contribution in [0.2, 0.25) is 0 Å². The number of carbonyl (C=O) groups excluding carboxylic acids is 2. The topological polar surface area (TPSA) is 61.8 Å². The van der Waals surface area contributed by atoms with Crippen molar-refractivity contribution in [2.75, 3.05) is 20.3 Å². The fourth-order valence-corrected chi connectivity index (χ4v) is 3.49. The molecular weight excluding hydrogens is 376 g/mol. The second-order valence-electron chi connectivity index (χ2n) is 5.85. The first-order chi connectivity index (χ1) is 13.6. The molecule has 0 saturated heterocycles.